The molecular weight excluding hydrogens is 323 g/mol. The Morgan fingerprint density at radius 3 is 2.75 bits per heavy atom. The Bertz CT molecular complexity index is 580. The number of ether oxygens (including phenoxy) is 1. The van der Waals surface area contributed by atoms with E-state index in [1.807, 2.05) is 0 Å². The topological polar surface area (TPSA) is 67.4 Å². The highest BCUT2D eigenvalue weighted by molar-refractivity contribution is 7.88. The number of sulfonamides is 1. The third-order valence-corrected chi connectivity index (χ3v) is 4.41. The van der Waals surface area contributed by atoms with Gasteiger partial charge in [-0.1, -0.05) is 29.3 Å². The first-order valence-corrected chi connectivity index (χ1v) is 8.76. The van der Waals surface area contributed by atoms with Crippen LogP contribution >= 0.6 is 23.2 Å². The van der Waals surface area contributed by atoms with Crippen LogP contribution in [-0.4, -0.2) is 40.4 Å². The van der Waals surface area contributed by atoms with Crippen molar-refractivity contribution >= 4 is 33.2 Å². The summed E-state index contributed by atoms with van der Waals surface area (Å²) in [5.74, 6) is 0. The molecule has 0 aliphatic carbocycles. The van der Waals surface area contributed by atoms with Crippen molar-refractivity contribution in [3.8, 4) is 0 Å². The van der Waals surface area contributed by atoms with E-state index in [1.165, 1.54) is 0 Å². The molecule has 8 heteroatoms. The van der Waals surface area contributed by atoms with Crippen LogP contribution in [0.1, 0.15) is 11.7 Å². The zero-order valence-corrected chi connectivity index (χ0v) is 13.2. The number of hydrogen-bond acceptors (Lipinski definition) is 4. The molecule has 0 aromatic heterocycles. The number of halogens is 2. The molecule has 1 aromatic rings. The van der Waals surface area contributed by atoms with Gasteiger partial charge < -0.3 is 10.1 Å². The summed E-state index contributed by atoms with van der Waals surface area (Å²) in [4.78, 5) is 0. The largest absolute Gasteiger partial charge is 0.370 e. The predicted octanol–water partition coefficient (Wildman–Crippen LogP) is 1.57. The number of rotatable bonds is 3. The van der Waals surface area contributed by atoms with Gasteiger partial charge in [-0.15, -0.1) is 0 Å². The predicted molar refractivity (Wildman–Crippen MR) is 79.8 cm³/mol. The highest BCUT2D eigenvalue weighted by atomic mass is 35.5. The Morgan fingerprint density at radius 1 is 1.35 bits per heavy atom. The quantitative estimate of drug-likeness (QED) is 0.877. The minimum Gasteiger partial charge on any atom is -0.370 e. The lowest BCUT2D eigenvalue weighted by Crippen LogP contribution is -2.44. The molecule has 1 aromatic carbocycles. The van der Waals surface area contributed by atoms with Crippen molar-refractivity contribution in [1.82, 2.24) is 10.0 Å². The van der Waals surface area contributed by atoms with Gasteiger partial charge in [-0.2, -0.15) is 0 Å². The van der Waals surface area contributed by atoms with Crippen LogP contribution in [0.3, 0.4) is 0 Å². The average Bonchev–Trinajstić information content (AvgIpc) is 2.56. The Labute approximate surface area is 128 Å². The molecule has 1 aliphatic heterocycles. The van der Waals surface area contributed by atoms with Gasteiger partial charge in [-0.25, -0.2) is 13.1 Å². The third-order valence-electron chi connectivity index (χ3n) is 2.94. The summed E-state index contributed by atoms with van der Waals surface area (Å²) in [6, 6.07) is 4.78. The van der Waals surface area contributed by atoms with Gasteiger partial charge in [-0.05, 0) is 17.7 Å². The molecule has 1 fully saturated rings. The Balaban J connectivity index is 2.29. The molecule has 2 atom stereocenters. The summed E-state index contributed by atoms with van der Waals surface area (Å²) in [7, 11) is -3.33. The lowest BCUT2D eigenvalue weighted by Gasteiger charge is -2.25. The second-order valence-corrected chi connectivity index (χ2v) is 7.26. The average molecular weight is 339 g/mol. The molecular formula is C12H16Cl2N2O3S. The van der Waals surface area contributed by atoms with Crippen LogP contribution in [0.25, 0.3) is 0 Å². The lowest BCUT2D eigenvalue weighted by molar-refractivity contribution is 0.0494. The van der Waals surface area contributed by atoms with Crippen LogP contribution in [0.4, 0.5) is 0 Å². The SMILES string of the molecule is CS(=O)(=O)N[C@@H]1CNCCOC1c1ccc(Cl)c(Cl)c1. The van der Waals surface area contributed by atoms with Crippen LogP contribution in [0, 0.1) is 0 Å². The first-order valence-electron chi connectivity index (χ1n) is 6.11. The Morgan fingerprint density at radius 2 is 2.10 bits per heavy atom. The summed E-state index contributed by atoms with van der Waals surface area (Å²) in [5, 5.41) is 4.01. The molecule has 1 heterocycles. The first kappa shape index (κ1) is 16.0. The maximum Gasteiger partial charge on any atom is 0.209 e. The van der Waals surface area contributed by atoms with Gasteiger partial charge in [-0.3, -0.25) is 0 Å². The fourth-order valence-corrected chi connectivity index (χ4v) is 3.20. The van der Waals surface area contributed by atoms with Crippen LogP contribution in [-0.2, 0) is 14.8 Å². The van der Waals surface area contributed by atoms with Gasteiger partial charge in [0.2, 0.25) is 10.0 Å². The van der Waals surface area contributed by atoms with E-state index in [4.69, 9.17) is 27.9 Å². The number of benzene rings is 1. The smallest absolute Gasteiger partial charge is 0.209 e. The highest BCUT2D eigenvalue weighted by Gasteiger charge is 2.28. The maximum absolute atomic E-state index is 11.5. The van der Waals surface area contributed by atoms with Crippen molar-refractivity contribution in [2.75, 3.05) is 26.0 Å². The minimum atomic E-state index is -3.33. The normalized spacial score (nSPS) is 24.4. The van der Waals surface area contributed by atoms with Gasteiger partial charge >= 0.3 is 0 Å². The van der Waals surface area contributed by atoms with Gasteiger partial charge in [0.05, 0.1) is 28.9 Å². The van der Waals surface area contributed by atoms with Crippen molar-refractivity contribution in [3.05, 3.63) is 33.8 Å². The van der Waals surface area contributed by atoms with E-state index in [0.29, 0.717) is 29.7 Å². The Hall–Kier alpha value is -0.370. The lowest BCUT2D eigenvalue weighted by atomic mass is 10.0. The summed E-state index contributed by atoms with van der Waals surface area (Å²) >= 11 is 11.9. The summed E-state index contributed by atoms with van der Waals surface area (Å²) in [6.45, 7) is 1.64. The van der Waals surface area contributed by atoms with E-state index in [9.17, 15) is 8.42 Å². The van der Waals surface area contributed by atoms with E-state index in [0.717, 1.165) is 11.8 Å². The van der Waals surface area contributed by atoms with E-state index in [2.05, 4.69) is 10.0 Å². The van der Waals surface area contributed by atoms with Crippen molar-refractivity contribution in [1.29, 1.82) is 0 Å². The molecule has 5 nitrogen and oxygen atoms in total. The zero-order chi connectivity index (χ0) is 14.8. The van der Waals surface area contributed by atoms with Crippen molar-refractivity contribution < 1.29 is 13.2 Å². The van der Waals surface area contributed by atoms with Gasteiger partial charge in [0, 0.05) is 13.1 Å². The van der Waals surface area contributed by atoms with Crippen molar-refractivity contribution in [2.45, 2.75) is 12.1 Å². The van der Waals surface area contributed by atoms with Crippen molar-refractivity contribution in [2.24, 2.45) is 0 Å². The van der Waals surface area contributed by atoms with Gasteiger partial charge in [0.15, 0.2) is 0 Å². The molecule has 0 bridgehead atoms. The molecule has 2 N–H and O–H groups in total. The molecule has 20 heavy (non-hydrogen) atoms. The molecule has 2 rings (SSSR count). The fourth-order valence-electron chi connectivity index (χ4n) is 2.14. The molecule has 0 saturated carbocycles. The van der Waals surface area contributed by atoms with Crippen molar-refractivity contribution in [3.63, 3.8) is 0 Å². The minimum absolute atomic E-state index is 0.398. The highest BCUT2D eigenvalue weighted by Crippen LogP contribution is 2.29. The van der Waals surface area contributed by atoms with Crippen LogP contribution in [0.2, 0.25) is 10.0 Å². The standard InChI is InChI=1S/C12H16Cl2N2O3S/c1-20(17,18)16-11-7-15-4-5-19-12(11)8-2-3-9(13)10(14)6-8/h2-3,6,11-12,15-16H,4-5,7H2,1H3/t11-,12?/m1/s1. The van der Waals surface area contributed by atoms with Crippen LogP contribution in [0.5, 0.6) is 0 Å². The van der Waals surface area contributed by atoms with Crippen LogP contribution in [0.15, 0.2) is 18.2 Å². The maximum atomic E-state index is 11.5. The first-order chi connectivity index (χ1) is 9.37. The molecule has 0 spiro atoms. The van der Waals surface area contributed by atoms with Gasteiger partial charge in [0.1, 0.15) is 6.10 Å². The summed E-state index contributed by atoms with van der Waals surface area (Å²) in [5.41, 5.74) is 0.796. The second-order valence-electron chi connectivity index (χ2n) is 4.67. The molecule has 1 unspecified atom stereocenters. The molecule has 0 radical (unpaired) electrons. The zero-order valence-electron chi connectivity index (χ0n) is 10.9. The van der Waals surface area contributed by atoms with E-state index < -0.39 is 22.2 Å². The van der Waals surface area contributed by atoms with Gasteiger partial charge in [0.25, 0.3) is 0 Å². The second kappa shape index (κ2) is 6.60. The molecule has 112 valence electrons. The van der Waals surface area contributed by atoms with E-state index in [-0.39, 0.29) is 0 Å². The van der Waals surface area contributed by atoms with E-state index >= 15 is 0 Å². The van der Waals surface area contributed by atoms with Crippen LogP contribution < -0.4 is 10.0 Å². The molecule has 1 aliphatic rings. The summed E-state index contributed by atoms with van der Waals surface area (Å²) < 4.78 is 31.3. The fraction of sp³-hybridized carbons (Fsp3) is 0.500. The van der Waals surface area contributed by atoms with E-state index in [1.54, 1.807) is 18.2 Å². The molecule has 1 saturated heterocycles. The summed E-state index contributed by atoms with van der Waals surface area (Å²) in [6.07, 6.45) is 0.721. The Kier molecular flexibility index (Phi) is 5.28. The number of nitrogens with one attached hydrogen (secondary N) is 2. The third kappa shape index (κ3) is 4.31. The number of hydrogen-bond donors (Lipinski definition) is 2. The monoisotopic (exact) mass is 338 g/mol. The molecule has 0 amide bonds.